The smallest absolute Gasteiger partial charge is 0.0573 e. The quantitative estimate of drug-likeness (QED) is 0.420. The fourth-order valence-corrected chi connectivity index (χ4v) is 3.48. The molecular weight excluding hydrogens is 254 g/mol. The Morgan fingerprint density at radius 2 is 1.52 bits per heavy atom. The molecule has 0 N–H and O–H groups in total. The summed E-state index contributed by atoms with van der Waals surface area (Å²) in [5.41, 5.74) is 5.44. The summed E-state index contributed by atoms with van der Waals surface area (Å²) in [5.74, 6) is 0.493. The first kappa shape index (κ1) is 12.5. The lowest BCUT2D eigenvalue weighted by molar-refractivity contribution is 0.813. The van der Waals surface area contributed by atoms with E-state index in [1.54, 1.807) is 0 Å². The van der Waals surface area contributed by atoms with Gasteiger partial charge >= 0.3 is 0 Å². The summed E-state index contributed by atoms with van der Waals surface area (Å²) in [6.45, 7) is 6.79. The van der Waals surface area contributed by atoms with Gasteiger partial charge in [-0.05, 0) is 35.9 Å². The van der Waals surface area contributed by atoms with E-state index in [0.717, 1.165) is 0 Å². The molecule has 2 aromatic carbocycles. The van der Waals surface area contributed by atoms with Gasteiger partial charge in [-0.2, -0.15) is 0 Å². The molecule has 0 spiro atoms. The summed E-state index contributed by atoms with van der Waals surface area (Å²) in [6.07, 6.45) is 0. The van der Waals surface area contributed by atoms with E-state index in [1.165, 1.54) is 38.4 Å². The molecule has 0 saturated heterocycles. The SMILES string of the molecule is Cc1c2ccccc2n2c(C(C)C)cc3ccccc3c12. The first-order chi connectivity index (χ1) is 10.2. The number of para-hydroxylation sites is 1. The molecule has 21 heavy (non-hydrogen) atoms. The number of hydrogen-bond donors (Lipinski definition) is 0. The lowest BCUT2D eigenvalue weighted by Crippen LogP contribution is -1.99. The molecule has 1 nitrogen and oxygen atoms in total. The van der Waals surface area contributed by atoms with Crippen LogP contribution in [0.1, 0.15) is 31.0 Å². The normalized spacial score (nSPS) is 12.0. The van der Waals surface area contributed by atoms with Crippen molar-refractivity contribution >= 4 is 27.2 Å². The Morgan fingerprint density at radius 1 is 0.857 bits per heavy atom. The summed E-state index contributed by atoms with van der Waals surface area (Å²) in [5, 5.41) is 4.03. The minimum absolute atomic E-state index is 0.493. The Balaban J connectivity index is 2.39. The van der Waals surface area contributed by atoms with Gasteiger partial charge in [0.25, 0.3) is 0 Å². The molecule has 0 fully saturated rings. The Kier molecular flexibility index (Phi) is 2.58. The monoisotopic (exact) mass is 273 g/mol. The number of benzene rings is 2. The van der Waals surface area contributed by atoms with E-state index >= 15 is 0 Å². The van der Waals surface area contributed by atoms with Crippen LogP contribution in [0.5, 0.6) is 0 Å². The second-order valence-electron chi connectivity index (χ2n) is 6.14. The highest BCUT2D eigenvalue weighted by Crippen LogP contribution is 2.34. The molecule has 4 aromatic rings. The van der Waals surface area contributed by atoms with E-state index in [2.05, 4.69) is 79.8 Å². The summed E-state index contributed by atoms with van der Waals surface area (Å²) < 4.78 is 2.46. The minimum Gasteiger partial charge on any atom is -0.312 e. The Morgan fingerprint density at radius 3 is 2.29 bits per heavy atom. The van der Waals surface area contributed by atoms with Gasteiger partial charge in [0.15, 0.2) is 0 Å². The molecule has 2 aromatic heterocycles. The van der Waals surface area contributed by atoms with Gasteiger partial charge < -0.3 is 4.40 Å². The first-order valence-corrected chi connectivity index (χ1v) is 7.60. The van der Waals surface area contributed by atoms with Crippen LogP contribution in [-0.2, 0) is 0 Å². The summed E-state index contributed by atoms with van der Waals surface area (Å²) >= 11 is 0. The zero-order valence-corrected chi connectivity index (χ0v) is 12.7. The van der Waals surface area contributed by atoms with Crippen molar-refractivity contribution in [3.05, 3.63) is 65.9 Å². The van der Waals surface area contributed by atoms with Gasteiger partial charge in [-0.3, -0.25) is 0 Å². The molecule has 0 radical (unpaired) electrons. The largest absolute Gasteiger partial charge is 0.312 e. The summed E-state index contributed by atoms with van der Waals surface area (Å²) in [7, 11) is 0. The van der Waals surface area contributed by atoms with Crippen LogP contribution in [0.4, 0.5) is 0 Å². The van der Waals surface area contributed by atoms with Crippen molar-refractivity contribution in [2.45, 2.75) is 26.7 Å². The van der Waals surface area contributed by atoms with E-state index < -0.39 is 0 Å². The van der Waals surface area contributed by atoms with Crippen LogP contribution < -0.4 is 0 Å². The fraction of sp³-hybridized carbons (Fsp3) is 0.200. The molecule has 2 heterocycles. The van der Waals surface area contributed by atoms with E-state index in [1.807, 2.05) is 0 Å². The first-order valence-electron chi connectivity index (χ1n) is 7.60. The van der Waals surface area contributed by atoms with Crippen LogP contribution in [0.3, 0.4) is 0 Å². The van der Waals surface area contributed by atoms with Crippen molar-refractivity contribution in [2.75, 3.05) is 0 Å². The number of aryl methyl sites for hydroxylation is 1. The maximum absolute atomic E-state index is 2.46. The van der Waals surface area contributed by atoms with Crippen LogP contribution in [0.2, 0.25) is 0 Å². The molecule has 0 atom stereocenters. The van der Waals surface area contributed by atoms with Crippen LogP contribution in [0.25, 0.3) is 27.2 Å². The van der Waals surface area contributed by atoms with Crippen molar-refractivity contribution in [1.29, 1.82) is 0 Å². The number of fused-ring (bicyclic) bond motifs is 5. The summed E-state index contributed by atoms with van der Waals surface area (Å²) in [4.78, 5) is 0. The van der Waals surface area contributed by atoms with Crippen molar-refractivity contribution in [3.63, 3.8) is 0 Å². The highest BCUT2D eigenvalue weighted by Gasteiger charge is 2.15. The second-order valence-corrected chi connectivity index (χ2v) is 6.14. The molecule has 0 saturated carbocycles. The molecule has 0 aliphatic carbocycles. The number of hydrogen-bond acceptors (Lipinski definition) is 0. The lowest BCUT2D eigenvalue weighted by atomic mass is 10.0. The van der Waals surface area contributed by atoms with Crippen molar-refractivity contribution in [2.24, 2.45) is 0 Å². The van der Waals surface area contributed by atoms with Gasteiger partial charge in [0.1, 0.15) is 0 Å². The van der Waals surface area contributed by atoms with Crippen molar-refractivity contribution < 1.29 is 0 Å². The van der Waals surface area contributed by atoms with Gasteiger partial charge in [-0.15, -0.1) is 0 Å². The van der Waals surface area contributed by atoms with Gasteiger partial charge in [-0.1, -0.05) is 56.3 Å². The van der Waals surface area contributed by atoms with E-state index in [4.69, 9.17) is 0 Å². The highest BCUT2D eigenvalue weighted by molar-refractivity contribution is 6.05. The minimum atomic E-state index is 0.493. The molecule has 0 amide bonds. The van der Waals surface area contributed by atoms with Crippen LogP contribution >= 0.6 is 0 Å². The van der Waals surface area contributed by atoms with Crippen LogP contribution in [0, 0.1) is 6.92 Å². The van der Waals surface area contributed by atoms with E-state index in [9.17, 15) is 0 Å². The zero-order valence-electron chi connectivity index (χ0n) is 12.7. The third-order valence-corrected chi connectivity index (χ3v) is 4.50. The average molecular weight is 273 g/mol. The van der Waals surface area contributed by atoms with Crippen molar-refractivity contribution in [3.8, 4) is 0 Å². The maximum atomic E-state index is 2.46. The number of pyridine rings is 1. The van der Waals surface area contributed by atoms with Gasteiger partial charge in [0.05, 0.1) is 11.0 Å². The molecule has 0 aliphatic heterocycles. The molecule has 0 bridgehead atoms. The fourth-order valence-electron chi connectivity index (χ4n) is 3.48. The van der Waals surface area contributed by atoms with Gasteiger partial charge in [0.2, 0.25) is 0 Å². The molecule has 1 heteroatoms. The van der Waals surface area contributed by atoms with Crippen LogP contribution in [-0.4, -0.2) is 4.40 Å². The maximum Gasteiger partial charge on any atom is 0.0573 e. The predicted octanol–water partition coefficient (Wildman–Crippen LogP) is 5.68. The molecule has 104 valence electrons. The number of aromatic nitrogens is 1. The van der Waals surface area contributed by atoms with E-state index in [0.29, 0.717) is 5.92 Å². The van der Waals surface area contributed by atoms with Crippen LogP contribution in [0.15, 0.2) is 54.6 Å². The highest BCUT2D eigenvalue weighted by atomic mass is 14.9. The van der Waals surface area contributed by atoms with Crippen molar-refractivity contribution in [1.82, 2.24) is 4.40 Å². The lowest BCUT2D eigenvalue weighted by Gasteiger charge is -2.14. The molecule has 4 rings (SSSR count). The standard InChI is InChI=1S/C20H19N/c1-13(2)19-12-15-8-4-5-10-17(15)20-14(3)16-9-6-7-11-18(16)21(19)20/h4-13H,1-3H3. The van der Waals surface area contributed by atoms with Gasteiger partial charge in [-0.25, -0.2) is 0 Å². The Bertz CT molecular complexity index is 973. The molecule has 0 unspecified atom stereocenters. The second kappa shape index (κ2) is 4.36. The summed E-state index contributed by atoms with van der Waals surface area (Å²) in [6, 6.07) is 19.8. The number of nitrogens with zero attached hydrogens (tertiary/aromatic N) is 1. The Labute approximate surface area is 124 Å². The predicted molar refractivity (Wildman–Crippen MR) is 91.2 cm³/mol. The zero-order chi connectivity index (χ0) is 14.6. The third-order valence-electron chi connectivity index (χ3n) is 4.50. The van der Waals surface area contributed by atoms with E-state index in [-0.39, 0.29) is 0 Å². The number of rotatable bonds is 1. The molecular formula is C20H19N. The molecule has 0 aliphatic rings. The third kappa shape index (κ3) is 1.64. The van der Waals surface area contributed by atoms with Gasteiger partial charge in [0, 0.05) is 16.5 Å². The topological polar surface area (TPSA) is 4.41 Å². The average Bonchev–Trinajstić information content (AvgIpc) is 2.81. The Hall–Kier alpha value is -2.28.